The van der Waals surface area contributed by atoms with Crippen molar-refractivity contribution in [1.82, 2.24) is 9.55 Å². The van der Waals surface area contributed by atoms with Gasteiger partial charge in [-0.05, 0) is 24.7 Å². The highest BCUT2D eigenvalue weighted by atomic mass is 19.1. The zero-order valence-electron chi connectivity index (χ0n) is 11.6. The molecule has 3 rings (SSSR count). The Labute approximate surface area is 116 Å². The van der Waals surface area contributed by atoms with Crippen molar-refractivity contribution in [2.24, 2.45) is 11.8 Å². The Kier molecular flexibility index (Phi) is 3.36. The summed E-state index contributed by atoms with van der Waals surface area (Å²) < 4.78 is 28.8. The number of rotatable bonds is 2. The molecule has 1 fully saturated rings. The Hall–Kier alpha value is -1.65. The average molecular weight is 279 g/mol. The molecule has 0 spiro atoms. The van der Waals surface area contributed by atoms with E-state index in [2.05, 4.69) is 11.9 Å². The van der Waals surface area contributed by atoms with Crippen LogP contribution in [0.4, 0.5) is 14.7 Å². The standard InChI is InChI=1S/C15H19F2N3/c1-9-2-4-10(5-3-9)8-20-13-7-11(16)6-12(17)14(13)19-15(20)18/h6-7,9-10H,2-5,8H2,1H3,(H2,18,19). The highest BCUT2D eigenvalue weighted by molar-refractivity contribution is 5.79. The van der Waals surface area contributed by atoms with Crippen molar-refractivity contribution in [3.63, 3.8) is 0 Å². The number of benzene rings is 1. The van der Waals surface area contributed by atoms with Gasteiger partial charge in [0.25, 0.3) is 0 Å². The molecule has 0 bridgehead atoms. The van der Waals surface area contributed by atoms with Gasteiger partial charge in [0.2, 0.25) is 5.95 Å². The van der Waals surface area contributed by atoms with Crippen LogP contribution in [0.25, 0.3) is 11.0 Å². The molecule has 0 aliphatic heterocycles. The minimum atomic E-state index is -0.650. The maximum atomic E-state index is 13.7. The van der Waals surface area contributed by atoms with E-state index in [1.54, 1.807) is 4.57 Å². The minimum absolute atomic E-state index is 0.160. The molecule has 0 atom stereocenters. The van der Waals surface area contributed by atoms with Crippen LogP contribution < -0.4 is 5.73 Å². The van der Waals surface area contributed by atoms with Crippen LogP contribution in [0, 0.1) is 23.5 Å². The van der Waals surface area contributed by atoms with Gasteiger partial charge >= 0.3 is 0 Å². The molecule has 1 aliphatic rings. The zero-order chi connectivity index (χ0) is 14.3. The molecule has 2 N–H and O–H groups in total. The number of fused-ring (bicyclic) bond motifs is 1. The summed E-state index contributed by atoms with van der Waals surface area (Å²) in [6.07, 6.45) is 4.69. The highest BCUT2D eigenvalue weighted by Crippen LogP contribution is 2.31. The van der Waals surface area contributed by atoms with Gasteiger partial charge in [0.15, 0.2) is 5.82 Å². The van der Waals surface area contributed by atoms with Crippen molar-refractivity contribution in [3.8, 4) is 0 Å². The molecule has 0 radical (unpaired) electrons. The number of nitrogen functional groups attached to an aromatic ring is 1. The topological polar surface area (TPSA) is 43.8 Å². The first kappa shape index (κ1) is 13.3. The first-order valence-corrected chi connectivity index (χ1v) is 7.15. The van der Waals surface area contributed by atoms with Gasteiger partial charge in [0.05, 0.1) is 5.52 Å². The summed E-state index contributed by atoms with van der Waals surface area (Å²) in [6.45, 7) is 2.96. The summed E-state index contributed by atoms with van der Waals surface area (Å²) in [4.78, 5) is 4.03. The van der Waals surface area contributed by atoms with Crippen LogP contribution in [-0.4, -0.2) is 9.55 Å². The van der Waals surface area contributed by atoms with Crippen LogP contribution in [0.2, 0.25) is 0 Å². The number of halogens is 2. The van der Waals surface area contributed by atoms with Crippen LogP contribution in [0.1, 0.15) is 32.6 Å². The summed E-state index contributed by atoms with van der Waals surface area (Å²) in [7, 11) is 0. The molecule has 1 aromatic carbocycles. The van der Waals surface area contributed by atoms with Crippen LogP contribution in [0.5, 0.6) is 0 Å². The molecule has 0 saturated heterocycles. The maximum absolute atomic E-state index is 13.7. The molecule has 0 amide bonds. The fourth-order valence-corrected chi connectivity index (χ4v) is 3.13. The Bertz CT molecular complexity index is 628. The summed E-state index contributed by atoms with van der Waals surface area (Å²) in [5.74, 6) is 0.314. The smallest absolute Gasteiger partial charge is 0.201 e. The van der Waals surface area contributed by atoms with Crippen molar-refractivity contribution in [3.05, 3.63) is 23.8 Å². The normalized spacial score (nSPS) is 23.4. The van der Waals surface area contributed by atoms with E-state index in [9.17, 15) is 8.78 Å². The van der Waals surface area contributed by atoms with Crippen molar-refractivity contribution in [2.45, 2.75) is 39.2 Å². The second-order valence-electron chi connectivity index (χ2n) is 5.96. The molecule has 1 aliphatic carbocycles. The molecule has 5 heteroatoms. The summed E-state index contributed by atoms with van der Waals surface area (Å²) in [5.41, 5.74) is 6.50. The van der Waals surface area contributed by atoms with E-state index in [-0.39, 0.29) is 11.5 Å². The van der Waals surface area contributed by atoms with Gasteiger partial charge in [-0.15, -0.1) is 0 Å². The number of hydrogen-bond donors (Lipinski definition) is 1. The maximum Gasteiger partial charge on any atom is 0.201 e. The van der Waals surface area contributed by atoms with Crippen molar-refractivity contribution in [1.29, 1.82) is 0 Å². The Morgan fingerprint density at radius 2 is 1.95 bits per heavy atom. The predicted molar refractivity (Wildman–Crippen MR) is 75.2 cm³/mol. The van der Waals surface area contributed by atoms with Gasteiger partial charge in [0, 0.05) is 18.7 Å². The van der Waals surface area contributed by atoms with Gasteiger partial charge in [-0.25, -0.2) is 13.8 Å². The molecule has 0 unspecified atom stereocenters. The van der Waals surface area contributed by atoms with E-state index in [1.165, 1.54) is 18.9 Å². The summed E-state index contributed by atoms with van der Waals surface area (Å²) in [6, 6.07) is 2.16. The van der Waals surface area contributed by atoms with Crippen molar-refractivity contribution >= 4 is 17.0 Å². The molecule has 1 saturated carbocycles. The van der Waals surface area contributed by atoms with Gasteiger partial charge in [-0.1, -0.05) is 19.8 Å². The largest absolute Gasteiger partial charge is 0.369 e. The van der Waals surface area contributed by atoms with Crippen LogP contribution in [0.15, 0.2) is 12.1 Å². The summed E-state index contributed by atoms with van der Waals surface area (Å²) in [5, 5.41) is 0. The molecule has 20 heavy (non-hydrogen) atoms. The fourth-order valence-electron chi connectivity index (χ4n) is 3.13. The van der Waals surface area contributed by atoms with Gasteiger partial charge < -0.3 is 10.3 Å². The molecule has 2 aromatic rings. The molecular formula is C15H19F2N3. The second-order valence-corrected chi connectivity index (χ2v) is 5.96. The lowest BCUT2D eigenvalue weighted by molar-refractivity contribution is 0.267. The zero-order valence-corrected chi connectivity index (χ0v) is 11.6. The Morgan fingerprint density at radius 1 is 1.25 bits per heavy atom. The van der Waals surface area contributed by atoms with E-state index in [0.717, 1.165) is 24.8 Å². The number of hydrogen-bond acceptors (Lipinski definition) is 2. The number of nitrogens with two attached hydrogens (primary N) is 1. The van der Waals surface area contributed by atoms with Crippen LogP contribution in [0.3, 0.4) is 0 Å². The first-order chi connectivity index (χ1) is 9.54. The molecule has 1 heterocycles. The molecular weight excluding hydrogens is 260 g/mol. The quantitative estimate of drug-likeness (QED) is 0.910. The van der Waals surface area contributed by atoms with Gasteiger partial charge in [-0.2, -0.15) is 0 Å². The van der Waals surface area contributed by atoms with Gasteiger partial charge in [-0.3, -0.25) is 0 Å². The van der Waals surface area contributed by atoms with E-state index in [4.69, 9.17) is 5.73 Å². The lowest BCUT2D eigenvalue weighted by Gasteiger charge is -2.26. The average Bonchev–Trinajstić information content (AvgIpc) is 2.70. The third kappa shape index (κ3) is 2.37. The van der Waals surface area contributed by atoms with Crippen LogP contribution in [-0.2, 0) is 6.54 Å². The third-order valence-electron chi connectivity index (χ3n) is 4.38. The molecule has 1 aromatic heterocycles. The van der Waals surface area contributed by atoms with Crippen molar-refractivity contribution in [2.75, 3.05) is 5.73 Å². The number of aromatic nitrogens is 2. The number of imidazole rings is 1. The van der Waals surface area contributed by atoms with E-state index in [0.29, 0.717) is 18.0 Å². The second kappa shape index (κ2) is 5.04. The molecule has 3 nitrogen and oxygen atoms in total. The minimum Gasteiger partial charge on any atom is -0.369 e. The molecule has 108 valence electrons. The number of anilines is 1. The number of nitrogens with zero attached hydrogens (tertiary/aromatic N) is 2. The lowest BCUT2D eigenvalue weighted by Crippen LogP contribution is -2.18. The Balaban J connectivity index is 1.93. The van der Waals surface area contributed by atoms with E-state index >= 15 is 0 Å². The third-order valence-corrected chi connectivity index (χ3v) is 4.38. The van der Waals surface area contributed by atoms with E-state index in [1.807, 2.05) is 0 Å². The monoisotopic (exact) mass is 279 g/mol. The van der Waals surface area contributed by atoms with Crippen molar-refractivity contribution < 1.29 is 8.78 Å². The van der Waals surface area contributed by atoms with Crippen LogP contribution >= 0.6 is 0 Å². The predicted octanol–water partition coefficient (Wildman–Crippen LogP) is 3.72. The summed E-state index contributed by atoms with van der Waals surface area (Å²) >= 11 is 0. The SMILES string of the molecule is CC1CCC(Cn2c(N)nc3c(F)cc(F)cc32)CC1. The van der Waals surface area contributed by atoms with Gasteiger partial charge in [0.1, 0.15) is 11.3 Å². The highest BCUT2D eigenvalue weighted by Gasteiger charge is 2.21. The fraction of sp³-hybridized carbons (Fsp3) is 0.533. The first-order valence-electron chi connectivity index (χ1n) is 7.15. The lowest BCUT2D eigenvalue weighted by atomic mass is 9.83. The van der Waals surface area contributed by atoms with E-state index < -0.39 is 11.6 Å². The Morgan fingerprint density at radius 3 is 2.65 bits per heavy atom.